The Balaban J connectivity index is 2.23. The fourth-order valence-corrected chi connectivity index (χ4v) is 3.11. The average molecular weight is 274 g/mol. The molecule has 3 unspecified atom stereocenters. The van der Waals surface area contributed by atoms with E-state index in [9.17, 15) is 9.90 Å². The van der Waals surface area contributed by atoms with Crippen LogP contribution in [0.2, 0.25) is 0 Å². The minimum absolute atomic E-state index is 0.307. The molecule has 1 aliphatic rings. The van der Waals surface area contributed by atoms with E-state index in [1.165, 1.54) is 0 Å². The number of aliphatic carboxylic acids is 1. The summed E-state index contributed by atoms with van der Waals surface area (Å²) in [6.45, 7) is 2.00. The van der Waals surface area contributed by atoms with Crippen molar-refractivity contribution in [3.63, 3.8) is 0 Å². The van der Waals surface area contributed by atoms with Gasteiger partial charge in [0.25, 0.3) is 0 Å². The lowest BCUT2D eigenvalue weighted by Gasteiger charge is -2.19. The van der Waals surface area contributed by atoms with Gasteiger partial charge in [0, 0.05) is 29.6 Å². The minimum atomic E-state index is -0.900. The van der Waals surface area contributed by atoms with Crippen molar-refractivity contribution in [1.29, 1.82) is 0 Å². The van der Waals surface area contributed by atoms with E-state index in [0.717, 1.165) is 22.2 Å². The molecule has 3 atom stereocenters. The third kappa shape index (κ3) is 1.73. The SMILES string of the molecule is Cc1c(C2C(N)NNC2C(=O)O)c2ccccc2n1C. The molecule has 1 aromatic heterocycles. The van der Waals surface area contributed by atoms with Crippen molar-refractivity contribution in [2.75, 3.05) is 0 Å². The Bertz CT molecular complexity index is 679. The summed E-state index contributed by atoms with van der Waals surface area (Å²) in [5.74, 6) is -1.21. The first-order chi connectivity index (χ1) is 9.52. The van der Waals surface area contributed by atoms with Crippen LogP contribution in [-0.4, -0.2) is 27.9 Å². The highest BCUT2D eigenvalue weighted by atomic mass is 16.4. The van der Waals surface area contributed by atoms with Gasteiger partial charge in [-0.3, -0.25) is 4.79 Å². The van der Waals surface area contributed by atoms with Gasteiger partial charge in [-0.2, -0.15) is 0 Å². The molecule has 6 nitrogen and oxygen atoms in total. The van der Waals surface area contributed by atoms with Crippen LogP contribution >= 0.6 is 0 Å². The van der Waals surface area contributed by atoms with Crippen LogP contribution < -0.4 is 16.6 Å². The average Bonchev–Trinajstić information content (AvgIpc) is 2.91. The predicted molar refractivity (Wildman–Crippen MR) is 76.1 cm³/mol. The van der Waals surface area contributed by atoms with Crippen LogP contribution in [0, 0.1) is 6.92 Å². The van der Waals surface area contributed by atoms with E-state index in [1.54, 1.807) is 0 Å². The summed E-state index contributed by atoms with van der Waals surface area (Å²) in [7, 11) is 1.98. The van der Waals surface area contributed by atoms with E-state index in [-0.39, 0.29) is 5.92 Å². The molecule has 0 spiro atoms. The predicted octanol–water partition coefficient (Wildman–Crippen LogP) is 0.416. The molecule has 3 rings (SSSR count). The maximum Gasteiger partial charge on any atom is 0.322 e. The highest BCUT2D eigenvalue weighted by Gasteiger charge is 2.41. The van der Waals surface area contributed by atoms with Crippen molar-refractivity contribution in [2.45, 2.75) is 25.0 Å². The zero-order valence-corrected chi connectivity index (χ0v) is 11.4. The van der Waals surface area contributed by atoms with Gasteiger partial charge in [-0.05, 0) is 18.6 Å². The molecular formula is C14H18N4O2. The summed E-state index contributed by atoms with van der Waals surface area (Å²) >= 11 is 0. The summed E-state index contributed by atoms with van der Waals surface area (Å²) < 4.78 is 2.08. The van der Waals surface area contributed by atoms with Crippen molar-refractivity contribution in [3.05, 3.63) is 35.5 Å². The molecule has 2 heterocycles. The summed E-state index contributed by atoms with van der Waals surface area (Å²) in [5, 5.41) is 10.4. The number of aryl methyl sites for hydroxylation is 1. The zero-order valence-electron chi connectivity index (χ0n) is 11.4. The Morgan fingerprint density at radius 1 is 1.35 bits per heavy atom. The third-order valence-corrected chi connectivity index (χ3v) is 4.20. The number of fused-ring (bicyclic) bond motifs is 1. The number of nitrogens with two attached hydrogens (primary N) is 1. The number of rotatable bonds is 2. The number of benzene rings is 1. The van der Waals surface area contributed by atoms with E-state index >= 15 is 0 Å². The molecule has 20 heavy (non-hydrogen) atoms. The van der Waals surface area contributed by atoms with Gasteiger partial charge < -0.3 is 15.4 Å². The van der Waals surface area contributed by atoms with Gasteiger partial charge in [0.2, 0.25) is 0 Å². The fourth-order valence-electron chi connectivity index (χ4n) is 3.11. The van der Waals surface area contributed by atoms with Crippen molar-refractivity contribution in [2.24, 2.45) is 12.8 Å². The van der Waals surface area contributed by atoms with Crippen LogP contribution in [0.15, 0.2) is 24.3 Å². The van der Waals surface area contributed by atoms with Crippen LogP contribution in [0.25, 0.3) is 10.9 Å². The number of nitrogens with one attached hydrogen (secondary N) is 2. The molecule has 1 aromatic carbocycles. The van der Waals surface area contributed by atoms with Gasteiger partial charge >= 0.3 is 5.97 Å². The van der Waals surface area contributed by atoms with Gasteiger partial charge in [0.05, 0.1) is 6.17 Å². The molecule has 0 saturated carbocycles. The highest BCUT2D eigenvalue weighted by Crippen LogP contribution is 2.35. The molecule has 2 aromatic rings. The maximum absolute atomic E-state index is 11.4. The van der Waals surface area contributed by atoms with Gasteiger partial charge in [-0.15, -0.1) is 0 Å². The quantitative estimate of drug-likeness (QED) is 0.637. The first-order valence-corrected chi connectivity index (χ1v) is 6.55. The Kier molecular flexibility index (Phi) is 3.01. The Morgan fingerprint density at radius 3 is 2.75 bits per heavy atom. The number of hydrazine groups is 1. The Morgan fingerprint density at radius 2 is 2.05 bits per heavy atom. The molecule has 1 saturated heterocycles. The first kappa shape index (κ1) is 13.1. The van der Waals surface area contributed by atoms with Gasteiger partial charge in [-0.25, -0.2) is 10.9 Å². The van der Waals surface area contributed by atoms with Crippen molar-refractivity contribution in [3.8, 4) is 0 Å². The number of hydrogen-bond acceptors (Lipinski definition) is 4. The van der Waals surface area contributed by atoms with E-state index < -0.39 is 18.2 Å². The van der Waals surface area contributed by atoms with Crippen LogP contribution in [0.5, 0.6) is 0 Å². The smallest absolute Gasteiger partial charge is 0.322 e. The largest absolute Gasteiger partial charge is 0.480 e. The van der Waals surface area contributed by atoms with E-state index in [0.29, 0.717) is 0 Å². The normalized spacial score (nSPS) is 26.2. The number of hydrogen-bond donors (Lipinski definition) is 4. The lowest BCUT2D eigenvalue weighted by atomic mass is 9.88. The lowest BCUT2D eigenvalue weighted by molar-refractivity contribution is -0.139. The number of aromatic nitrogens is 1. The first-order valence-electron chi connectivity index (χ1n) is 6.55. The van der Waals surface area contributed by atoms with Crippen molar-refractivity contribution < 1.29 is 9.90 Å². The summed E-state index contributed by atoms with van der Waals surface area (Å²) in [4.78, 5) is 11.4. The number of carboxylic acids is 1. The third-order valence-electron chi connectivity index (χ3n) is 4.20. The second-order valence-corrected chi connectivity index (χ2v) is 5.23. The minimum Gasteiger partial charge on any atom is -0.480 e. The van der Waals surface area contributed by atoms with Crippen molar-refractivity contribution >= 4 is 16.9 Å². The van der Waals surface area contributed by atoms with Crippen molar-refractivity contribution in [1.82, 2.24) is 15.4 Å². The number of carboxylic acid groups (broad SMARTS) is 1. The molecule has 0 bridgehead atoms. The van der Waals surface area contributed by atoms with Gasteiger partial charge in [0.15, 0.2) is 0 Å². The topological polar surface area (TPSA) is 92.3 Å². The fraction of sp³-hybridized carbons (Fsp3) is 0.357. The zero-order chi connectivity index (χ0) is 14.4. The second-order valence-electron chi connectivity index (χ2n) is 5.23. The van der Waals surface area contributed by atoms with E-state index in [4.69, 9.17) is 5.73 Å². The highest BCUT2D eigenvalue weighted by molar-refractivity contribution is 5.88. The Hall–Kier alpha value is -1.89. The number of nitrogens with zero attached hydrogens (tertiary/aromatic N) is 1. The van der Waals surface area contributed by atoms with Crippen LogP contribution in [0.3, 0.4) is 0 Å². The standard InChI is InChI=1S/C14H18N4O2/c1-7-10(8-5-3-4-6-9(8)18(7)2)11-12(14(19)20)16-17-13(11)15/h3-6,11-13,16-17H,15H2,1-2H3,(H,19,20). The molecule has 0 amide bonds. The molecular weight excluding hydrogens is 256 g/mol. The number of para-hydroxylation sites is 1. The maximum atomic E-state index is 11.4. The van der Waals surface area contributed by atoms with Crippen LogP contribution in [0.4, 0.5) is 0 Å². The monoisotopic (exact) mass is 274 g/mol. The lowest BCUT2D eigenvalue weighted by Crippen LogP contribution is -2.39. The molecule has 1 fully saturated rings. The van der Waals surface area contributed by atoms with Crippen LogP contribution in [-0.2, 0) is 11.8 Å². The summed E-state index contributed by atoms with van der Waals surface area (Å²) in [6.07, 6.45) is -0.430. The van der Waals surface area contributed by atoms with Gasteiger partial charge in [0.1, 0.15) is 6.04 Å². The molecule has 0 aliphatic carbocycles. The van der Waals surface area contributed by atoms with Gasteiger partial charge in [-0.1, -0.05) is 18.2 Å². The Labute approximate surface area is 116 Å². The molecule has 6 heteroatoms. The van der Waals surface area contributed by atoms with E-state index in [1.807, 2.05) is 38.2 Å². The second kappa shape index (κ2) is 4.59. The van der Waals surface area contributed by atoms with Crippen LogP contribution in [0.1, 0.15) is 17.2 Å². The summed E-state index contributed by atoms with van der Waals surface area (Å²) in [5.41, 5.74) is 14.8. The van der Waals surface area contributed by atoms with E-state index in [2.05, 4.69) is 15.4 Å². The number of carbonyl (C=O) groups is 1. The summed E-state index contributed by atoms with van der Waals surface area (Å²) in [6, 6.07) is 7.26. The molecule has 1 aliphatic heterocycles. The molecule has 0 radical (unpaired) electrons. The molecule has 106 valence electrons. The molecule has 5 N–H and O–H groups in total.